The Labute approximate surface area is 138 Å². The van der Waals surface area contributed by atoms with Crippen molar-refractivity contribution in [3.8, 4) is 23.6 Å². The number of nitrogens with two attached hydrogens (primary N) is 1. The lowest BCUT2D eigenvalue weighted by molar-refractivity contribution is 0.0999. The van der Waals surface area contributed by atoms with Crippen molar-refractivity contribution in [3.05, 3.63) is 47.2 Å². The van der Waals surface area contributed by atoms with Crippen LogP contribution < -0.4 is 5.73 Å². The second-order valence-electron chi connectivity index (χ2n) is 5.84. The summed E-state index contributed by atoms with van der Waals surface area (Å²) >= 11 is 0. The highest BCUT2D eigenvalue weighted by Gasteiger charge is 2.16. The van der Waals surface area contributed by atoms with Crippen LogP contribution in [0.4, 0.5) is 0 Å². The van der Waals surface area contributed by atoms with Crippen molar-refractivity contribution in [2.24, 2.45) is 5.73 Å². The van der Waals surface area contributed by atoms with Crippen LogP contribution in [-0.4, -0.2) is 10.5 Å². The van der Waals surface area contributed by atoms with Gasteiger partial charge < -0.3 is 10.3 Å². The van der Waals surface area contributed by atoms with Gasteiger partial charge in [-0.3, -0.25) is 4.79 Å². The van der Waals surface area contributed by atoms with Gasteiger partial charge in [-0.15, -0.1) is 6.42 Å². The topological polar surface area (TPSA) is 48.0 Å². The fourth-order valence-corrected chi connectivity index (χ4v) is 2.85. The molecule has 1 amide bonds. The first kappa shape index (κ1) is 16.9. The summed E-state index contributed by atoms with van der Waals surface area (Å²) in [6.07, 6.45) is 10.3. The maximum absolute atomic E-state index is 11.6. The molecule has 3 heteroatoms. The van der Waals surface area contributed by atoms with Crippen molar-refractivity contribution in [3.63, 3.8) is 0 Å². The fourth-order valence-electron chi connectivity index (χ4n) is 2.85. The van der Waals surface area contributed by atoms with Crippen molar-refractivity contribution in [2.45, 2.75) is 46.1 Å². The third kappa shape index (κ3) is 3.84. The highest BCUT2D eigenvalue weighted by Crippen LogP contribution is 2.26. The Morgan fingerprint density at radius 1 is 1.26 bits per heavy atom. The monoisotopic (exact) mass is 308 g/mol. The molecule has 1 aromatic carbocycles. The molecule has 0 aliphatic rings. The zero-order valence-corrected chi connectivity index (χ0v) is 13.9. The molecule has 0 saturated carbocycles. The van der Waals surface area contributed by atoms with E-state index in [0.717, 1.165) is 23.4 Å². The molecule has 0 aliphatic carbocycles. The Morgan fingerprint density at radius 3 is 2.52 bits per heavy atom. The van der Waals surface area contributed by atoms with Gasteiger partial charge in [-0.25, -0.2) is 0 Å². The fraction of sp³-hybridized carbons (Fsp3) is 0.350. The third-order valence-corrected chi connectivity index (χ3v) is 4.20. The van der Waals surface area contributed by atoms with Gasteiger partial charge >= 0.3 is 0 Å². The molecule has 0 unspecified atom stereocenters. The molecule has 3 nitrogen and oxygen atoms in total. The van der Waals surface area contributed by atoms with E-state index in [4.69, 9.17) is 12.2 Å². The Bertz CT molecular complexity index is 717. The number of carbonyl (C=O) groups is 1. The van der Waals surface area contributed by atoms with Gasteiger partial charge in [0.2, 0.25) is 0 Å². The normalized spacial score (nSPS) is 10.5. The molecule has 2 aromatic rings. The second-order valence-corrected chi connectivity index (χ2v) is 5.84. The molecular weight excluding hydrogens is 284 g/mol. The number of rotatable bonds is 7. The maximum Gasteiger partial charge on any atom is 0.250 e. The van der Waals surface area contributed by atoms with Crippen LogP contribution in [0.5, 0.6) is 0 Å². The van der Waals surface area contributed by atoms with Gasteiger partial charge in [0.25, 0.3) is 5.91 Å². The van der Waals surface area contributed by atoms with Gasteiger partial charge in [0.15, 0.2) is 0 Å². The predicted octanol–water partition coefficient (Wildman–Crippen LogP) is 3.93. The highest BCUT2D eigenvalue weighted by atomic mass is 16.1. The lowest BCUT2D eigenvalue weighted by Gasteiger charge is -2.09. The van der Waals surface area contributed by atoms with Crippen LogP contribution in [0.25, 0.3) is 11.3 Å². The zero-order chi connectivity index (χ0) is 16.8. The van der Waals surface area contributed by atoms with E-state index >= 15 is 0 Å². The number of carbonyl (C=O) groups excluding carboxylic acids is 1. The summed E-state index contributed by atoms with van der Waals surface area (Å²) in [6, 6.07) is 10.3. The van der Waals surface area contributed by atoms with E-state index < -0.39 is 5.91 Å². The van der Waals surface area contributed by atoms with E-state index in [1.165, 1.54) is 24.8 Å². The van der Waals surface area contributed by atoms with Gasteiger partial charge in [-0.05, 0) is 37.0 Å². The van der Waals surface area contributed by atoms with Crippen molar-refractivity contribution in [1.82, 2.24) is 4.57 Å². The van der Waals surface area contributed by atoms with E-state index in [-0.39, 0.29) is 0 Å². The quantitative estimate of drug-likeness (QED) is 0.611. The summed E-state index contributed by atoms with van der Waals surface area (Å²) in [6.45, 7) is 4.51. The number of primary amides is 1. The lowest BCUT2D eigenvalue weighted by Crippen LogP contribution is -2.12. The Kier molecular flexibility index (Phi) is 5.65. The molecule has 0 saturated heterocycles. The standard InChI is InChI=1S/C20H24N2O/c1-4-6-7-8-16-9-11-17(12-10-16)19-14-18(20(21)23)15(3)22(19)13-5-2/h2,9-12,14H,4,6-8,13H2,1,3H3,(H2,21,23). The molecule has 120 valence electrons. The number of hydrogen-bond donors (Lipinski definition) is 1. The van der Waals surface area contributed by atoms with Crippen LogP contribution in [0.3, 0.4) is 0 Å². The number of hydrogen-bond acceptors (Lipinski definition) is 1. The van der Waals surface area contributed by atoms with Crippen LogP contribution in [0.2, 0.25) is 0 Å². The summed E-state index contributed by atoms with van der Waals surface area (Å²) in [5, 5.41) is 0. The van der Waals surface area contributed by atoms with Crippen molar-refractivity contribution >= 4 is 5.91 Å². The van der Waals surface area contributed by atoms with Gasteiger partial charge in [0, 0.05) is 11.4 Å². The molecule has 0 radical (unpaired) electrons. The summed E-state index contributed by atoms with van der Waals surface area (Å²) in [5.74, 6) is 2.22. The van der Waals surface area contributed by atoms with E-state index in [2.05, 4.69) is 37.1 Å². The SMILES string of the molecule is C#CCn1c(-c2ccc(CCCCC)cc2)cc(C(N)=O)c1C. The summed E-state index contributed by atoms with van der Waals surface area (Å²) < 4.78 is 1.96. The molecule has 0 atom stereocenters. The zero-order valence-electron chi connectivity index (χ0n) is 13.9. The summed E-state index contributed by atoms with van der Waals surface area (Å²) in [5.41, 5.74) is 10.1. The smallest absolute Gasteiger partial charge is 0.250 e. The average molecular weight is 308 g/mol. The molecular formula is C20H24N2O. The maximum atomic E-state index is 11.6. The highest BCUT2D eigenvalue weighted by molar-refractivity contribution is 5.95. The first-order chi connectivity index (χ1) is 11.1. The van der Waals surface area contributed by atoms with Crippen molar-refractivity contribution in [1.29, 1.82) is 0 Å². The van der Waals surface area contributed by atoms with E-state index in [1.807, 2.05) is 17.6 Å². The van der Waals surface area contributed by atoms with Gasteiger partial charge in [-0.2, -0.15) is 0 Å². The van der Waals surface area contributed by atoms with E-state index in [9.17, 15) is 4.79 Å². The number of aromatic nitrogens is 1. The van der Waals surface area contributed by atoms with Gasteiger partial charge in [0.1, 0.15) is 0 Å². The molecule has 23 heavy (non-hydrogen) atoms. The summed E-state index contributed by atoms with van der Waals surface area (Å²) in [7, 11) is 0. The first-order valence-electron chi connectivity index (χ1n) is 8.11. The van der Waals surface area contributed by atoms with Crippen molar-refractivity contribution < 1.29 is 4.79 Å². The van der Waals surface area contributed by atoms with Crippen LogP contribution in [0.1, 0.15) is 47.8 Å². The number of amides is 1. The molecule has 0 bridgehead atoms. The minimum Gasteiger partial charge on any atom is -0.366 e. The predicted molar refractivity (Wildman–Crippen MR) is 95.2 cm³/mol. The molecule has 0 spiro atoms. The molecule has 0 aliphatic heterocycles. The minimum atomic E-state index is -0.421. The average Bonchev–Trinajstić information content (AvgIpc) is 2.86. The number of nitrogens with zero attached hydrogens (tertiary/aromatic N) is 1. The molecule has 1 aromatic heterocycles. The van der Waals surface area contributed by atoms with Crippen molar-refractivity contribution in [2.75, 3.05) is 0 Å². The van der Waals surface area contributed by atoms with Crippen LogP contribution >= 0.6 is 0 Å². The second kappa shape index (κ2) is 7.69. The number of aryl methyl sites for hydroxylation is 1. The lowest BCUT2D eigenvalue weighted by atomic mass is 10.0. The van der Waals surface area contributed by atoms with Crippen LogP contribution in [0, 0.1) is 19.3 Å². The number of terminal acetylenes is 1. The molecule has 0 fully saturated rings. The molecule has 2 N–H and O–H groups in total. The van der Waals surface area contributed by atoms with Gasteiger partial charge in [0.05, 0.1) is 12.1 Å². The Balaban J connectivity index is 2.32. The van der Waals surface area contributed by atoms with E-state index in [0.29, 0.717) is 12.1 Å². The number of unbranched alkanes of at least 4 members (excludes halogenated alkanes) is 2. The minimum absolute atomic E-state index is 0.421. The Morgan fingerprint density at radius 2 is 1.96 bits per heavy atom. The Hall–Kier alpha value is -2.47. The largest absolute Gasteiger partial charge is 0.366 e. The van der Waals surface area contributed by atoms with E-state index in [1.54, 1.807) is 0 Å². The van der Waals surface area contributed by atoms with Crippen LogP contribution in [-0.2, 0) is 13.0 Å². The van der Waals surface area contributed by atoms with Gasteiger partial charge in [-0.1, -0.05) is 50.0 Å². The number of benzene rings is 1. The summed E-state index contributed by atoms with van der Waals surface area (Å²) in [4.78, 5) is 11.6. The first-order valence-corrected chi connectivity index (χ1v) is 8.11. The molecule has 1 heterocycles. The molecule has 2 rings (SSSR count). The third-order valence-electron chi connectivity index (χ3n) is 4.20. The van der Waals surface area contributed by atoms with Crippen LogP contribution in [0.15, 0.2) is 30.3 Å².